The Morgan fingerprint density at radius 1 is 1.11 bits per heavy atom. The molecule has 0 bridgehead atoms. The topological polar surface area (TPSA) is 38.3 Å². The molecule has 0 saturated carbocycles. The Morgan fingerprint density at radius 3 is 2.53 bits per heavy atom. The van der Waals surface area contributed by atoms with Gasteiger partial charge < -0.3 is 10.1 Å². The molecular formula is C14H11Br2NO2. The molecule has 0 aliphatic rings. The van der Waals surface area contributed by atoms with Crippen molar-refractivity contribution in [2.75, 3.05) is 11.9 Å². The number of carbonyl (C=O) groups excluding carboxylic acids is 1. The number of halogens is 2. The summed E-state index contributed by atoms with van der Waals surface area (Å²) in [6.07, 6.45) is 0. The molecule has 5 heteroatoms. The van der Waals surface area contributed by atoms with Gasteiger partial charge in [-0.25, -0.2) is 0 Å². The summed E-state index contributed by atoms with van der Waals surface area (Å²) < 4.78 is 7.19. The van der Waals surface area contributed by atoms with Crippen LogP contribution in [0.3, 0.4) is 0 Å². The number of amides is 1. The van der Waals surface area contributed by atoms with Crippen LogP contribution in [-0.2, 0) is 4.79 Å². The fourth-order valence-electron chi connectivity index (χ4n) is 1.45. The van der Waals surface area contributed by atoms with Crippen LogP contribution in [0.5, 0.6) is 5.75 Å². The number of hydrogen-bond donors (Lipinski definition) is 1. The van der Waals surface area contributed by atoms with Crippen LogP contribution in [0, 0.1) is 0 Å². The summed E-state index contributed by atoms with van der Waals surface area (Å²) in [5.74, 6) is 0.437. The predicted molar refractivity (Wildman–Crippen MR) is 82.4 cm³/mol. The monoisotopic (exact) mass is 383 g/mol. The van der Waals surface area contributed by atoms with Gasteiger partial charge in [-0.15, -0.1) is 0 Å². The predicted octanol–water partition coefficient (Wildman–Crippen LogP) is 4.23. The standard InChI is InChI=1S/C14H11Br2NO2/c15-10-6-7-13(12(16)8-10)19-9-14(18)17-11-4-2-1-3-5-11/h1-8H,9H2,(H,17,18). The third-order valence-electron chi connectivity index (χ3n) is 2.31. The molecular weight excluding hydrogens is 374 g/mol. The number of benzene rings is 2. The lowest BCUT2D eigenvalue weighted by molar-refractivity contribution is -0.118. The molecule has 19 heavy (non-hydrogen) atoms. The summed E-state index contributed by atoms with van der Waals surface area (Å²) in [6, 6.07) is 14.8. The van der Waals surface area contributed by atoms with E-state index in [1.54, 1.807) is 6.07 Å². The van der Waals surface area contributed by atoms with Gasteiger partial charge in [-0.1, -0.05) is 34.1 Å². The molecule has 0 atom stereocenters. The van der Waals surface area contributed by atoms with Gasteiger partial charge in [0.05, 0.1) is 4.47 Å². The second-order valence-corrected chi connectivity index (χ2v) is 5.55. The van der Waals surface area contributed by atoms with Crippen molar-refractivity contribution in [2.24, 2.45) is 0 Å². The number of anilines is 1. The van der Waals surface area contributed by atoms with Crippen LogP contribution in [0.1, 0.15) is 0 Å². The minimum absolute atomic E-state index is 0.0326. The molecule has 0 aromatic heterocycles. The number of carbonyl (C=O) groups is 1. The molecule has 1 amide bonds. The van der Waals surface area contributed by atoms with E-state index in [0.29, 0.717) is 5.75 Å². The molecule has 0 spiro atoms. The van der Waals surface area contributed by atoms with Gasteiger partial charge in [0.25, 0.3) is 5.91 Å². The van der Waals surface area contributed by atoms with E-state index in [-0.39, 0.29) is 12.5 Å². The first-order valence-corrected chi connectivity index (χ1v) is 7.16. The van der Waals surface area contributed by atoms with Crippen molar-refractivity contribution in [3.8, 4) is 5.75 Å². The first-order chi connectivity index (χ1) is 9.15. The van der Waals surface area contributed by atoms with E-state index >= 15 is 0 Å². The van der Waals surface area contributed by atoms with Crippen LogP contribution >= 0.6 is 31.9 Å². The molecule has 0 aliphatic carbocycles. The largest absolute Gasteiger partial charge is 0.483 e. The molecule has 1 N–H and O–H groups in total. The maximum absolute atomic E-state index is 11.7. The fourth-order valence-corrected chi connectivity index (χ4v) is 2.62. The van der Waals surface area contributed by atoms with Gasteiger partial charge in [-0.05, 0) is 46.3 Å². The van der Waals surface area contributed by atoms with E-state index in [1.807, 2.05) is 42.5 Å². The molecule has 0 saturated heterocycles. The second-order valence-electron chi connectivity index (χ2n) is 3.78. The summed E-state index contributed by atoms with van der Waals surface area (Å²) in [4.78, 5) is 11.7. The van der Waals surface area contributed by atoms with Gasteiger partial charge in [-0.3, -0.25) is 4.79 Å². The van der Waals surface area contributed by atoms with Gasteiger partial charge >= 0.3 is 0 Å². The zero-order chi connectivity index (χ0) is 13.7. The Hall–Kier alpha value is -1.33. The van der Waals surface area contributed by atoms with E-state index < -0.39 is 0 Å². The summed E-state index contributed by atoms with van der Waals surface area (Å²) in [7, 11) is 0. The minimum Gasteiger partial charge on any atom is -0.483 e. The van der Waals surface area contributed by atoms with Crippen LogP contribution in [0.15, 0.2) is 57.5 Å². The van der Waals surface area contributed by atoms with Crippen molar-refractivity contribution in [2.45, 2.75) is 0 Å². The molecule has 0 heterocycles. The molecule has 2 aromatic rings. The number of rotatable bonds is 4. The highest BCUT2D eigenvalue weighted by molar-refractivity contribution is 9.11. The van der Waals surface area contributed by atoms with Crippen LogP contribution < -0.4 is 10.1 Å². The highest BCUT2D eigenvalue weighted by Gasteiger charge is 2.06. The summed E-state index contributed by atoms with van der Waals surface area (Å²) >= 11 is 6.73. The average Bonchev–Trinajstić information content (AvgIpc) is 2.39. The van der Waals surface area contributed by atoms with Crippen LogP contribution in [-0.4, -0.2) is 12.5 Å². The third-order valence-corrected chi connectivity index (χ3v) is 3.42. The average molecular weight is 385 g/mol. The maximum atomic E-state index is 11.7. The molecule has 0 fully saturated rings. The van der Waals surface area contributed by atoms with Gasteiger partial charge in [0.1, 0.15) is 5.75 Å². The zero-order valence-corrected chi connectivity index (χ0v) is 13.1. The fraction of sp³-hybridized carbons (Fsp3) is 0.0714. The first kappa shape index (κ1) is 14.1. The number of ether oxygens (including phenoxy) is 1. The van der Waals surface area contributed by atoms with Crippen molar-refractivity contribution >= 4 is 43.5 Å². The van der Waals surface area contributed by atoms with Crippen LogP contribution in [0.25, 0.3) is 0 Å². The Kier molecular flexibility index (Phi) is 4.99. The lowest BCUT2D eigenvalue weighted by Gasteiger charge is -2.09. The number of hydrogen-bond acceptors (Lipinski definition) is 2. The van der Waals surface area contributed by atoms with Gasteiger partial charge in [0.2, 0.25) is 0 Å². The minimum atomic E-state index is -0.194. The van der Waals surface area contributed by atoms with Crippen LogP contribution in [0.4, 0.5) is 5.69 Å². The summed E-state index contributed by atoms with van der Waals surface area (Å²) in [6.45, 7) is -0.0326. The normalized spacial score (nSPS) is 10.0. The second kappa shape index (κ2) is 6.73. The van der Waals surface area contributed by atoms with Gasteiger partial charge in [0, 0.05) is 10.2 Å². The number of nitrogens with one attached hydrogen (secondary N) is 1. The lowest BCUT2D eigenvalue weighted by Crippen LogP contribution is -2.20. The zero-order valence-electron chi connectivity index (χ0n) is 9.90. The Balaban J connectivity index is 1.90. The van der Waals surface area contributed by atoms with E-state index in [1.165, 1.54) is 0 Å². The third kappa shape index (κ3) is 4.36. The molecule has 98 valence electrons. The maximum Gasteiger partial charge on any atom is 0.262 e. The van der Waals surface area contributed by atoms with Crippen molar-refractivity contribution < 1.29 is 9.53 Å². The van der Waals surface area contributed by atoms with E-state index in [0.717, 1.165) is 14.6 Å². The Morgan fingerprint density at radius 2 is 1.84 bits per heavy atom. The highest BCUT2D eigenvalue weighted by atomic mass is 79.9. The molecule has 2 rings (SSSR count). The molecule has 3 nitrogen and oxygen atoms in total. The van der Waals surface area contributed by atoms with Crippen molar-refractivity contribution in [1.29, 1.82) is 0 Å². The van der Waals surface area contributed by atoms with Crippen molar-refractivity contribution in [3.63, 3.8) is 0 Å². The van der Waals surface area contributed by atoms with Crippen LogP contribution in [0.2, 0.25) is 0 Å². The van der Waals surface area contributed by atoms with Gasteiger partial charge in [0.15, 0.2) is 6.61 Å². The highest BCUT2D eigenvalue weighted by Crippen LogP contribution is 2.28. The SMILES string of the molecule is O=C(COc1ccc(Br)cc1Br)Nc1ccccc1. The summed E-state index contributed by atoms with van der Waals surface area (Å²) in [5, 5.41) is 2.75. The smallest absolute Gasteiger partial charge is 0.262 e. The Bertz CT molecular complexity index is 573. The first-order valence-electron chi connectivity index (χ1n) is 5.58. The van der Waals surface area contributed by atoms with E-state index in [4.69, 9.17) is 4.74 Å². The molecule has 0 unspecified atom stereocenters. The van der Waals surface area contributed by atoms with Crippen molar-refractivity contribution in [3.05, 3.63) is 57.5 Å². The molecule has 2 aromatic carbocycles. The van der Waals surface area contributed by atoms with Crippen molar-refractivity contribution in [1.82, 2.24) is 0 Å². The number of para-hydroxylation sites is 1. The van der Waals surface area contributed by atoms with E-state index in [9.17, 15) is 4.79 Å². The molecule has 0 radical (unpaired) electrons. The Labute approximate surface area is 128 Å². The van der Waals surface area contributed by atoms with E-state index in [2.05, 4.69) is 37.2 Å². The quantitative estimate of drug-likeness (QED) is 0.856. The van der Waals surface area contributed by atoms with Gasteiger partial charge in [-0.2, -0.15) is 0 Å². The summed E-state index contributed by atoms with van der Waals surface area (Å²) in [5.41, 5.74) is 0.756. The lowest BCUT2D eigenvalue weighted by atomic mass is 10.3. The molecule has 0 aliphatic heterocycles.